The maximum absolute atomic E-state index is 12.4. The summed E-state index contributed by atoms with van der Waals surface area (Å²) in [7, 11) is 0. The van der Waals surface area contributed by atoms with Crippen molar-refractivity contribution in [1.29, 1.82) is 0 Å². The average molecular weight is 281 g/mol. The number of aliphatic carboxylic acids is 1. The van der Waals surface area contributed by atoms with Crippen LogP contribution in [-0.2, 0) is 9.59 Å². The van der Waals surface area contributed by atoms with Crippen LogP contribution in [0.25, 0.3) is 0 Å². The van der Waals surface area contributed by atoms with E-state index in [4.69, 9.17) is 0 Å². The molecule has 2 unspecified atom stereocenters. The van der Waals surface area contributed by atoms with Crippen LogP contribution in [0.2, 0.25) is 0 Å². The van der Waals surface area contributed by atoms with Crippen molar-refractivity contribution in [3.8, 4) is 0 Å². The second kappa shape index (κ2) is 6.15. The normalized spacial score (nSPS) is 28.0. The molecule has 20 heavy (non-hydrogen) atoms. The molecule has 2 fully saturated rings. The number of carbonyl (C=O) groups excluding carboxylic acids is 1. The van der Waals surface area contributed by atoms with Gasteiger partial charge in [0.1, 0.15) is 6.04 Å². The van der Waals surface area contributed by atoms with Gasteiger partial charge in [-0.05, 0) is 37.0 Å². The lowest BCUT2D eigenvalue weighted by Gasteiger charge is -2.31. The van der Waals surface area contributed by atoms with E-state index in [-0.39, 0.29) is 23.2 Å². The molecule has 2 aliphatic carbocycles. The minimum Gasteiger partial charge on any atom is -0.480 e. The van der Waals surface area contributed by atoms with Crippen molar-refractivity contribution < 1.29 is 14.7 Å². The number of carboxylic acids is 1. The first-order chi connectivity index (χ1) is 9.42. The smallest absolute Gasteiger partial charge is 0.326 e. The molecule has 0 spiro atoms. The largest absolute Gasteiger partial charge is 0.480 e. The van der Waals surface area contributed by atoms with E-state index in [1.54, 1.807) is 0 Å². The van der Waals surface area contributed by atoms with Crippen molar-refractivity contribution in [3.63, 3.8) is 0 Å². The number of nitrogens with one attached hydrogen (secondary N) is 1. The van der Waals surface area contributed by atoms with E-state index >= 15 is 0 Å². The fourth-order valence-corrected chi connectivity index (χ4v) is 3.92. The Morgan fingerprint density at radius 1 is 1.10 bits per heavy atom. The summed E-state index contributed by atoms with van der Waals surface area (Å²) in [5, 5.41) is 12.3. The molecule has 0 heterocycles. The van der Waals surface area contributed by atoms with Gasteiger partial charge in [-0.15, -0.1) is 0 Å². The molecule has 0 saturated heterocycles. The fraction of sp³-hybridized carbons (Fsp3) is 0.875. The Morgan fingerprint density at radius 2 is 1.75 bits per heavy atom. The Hall–Kier alpha value is -1.06. The van der Waals surface area contributed by atoms with Crippen LogP contribution in [0.5, 0.6) is 0 Å². The summed E-state index contributed by atoms with van der Waals surface area (Å²) in [6, 6.07) is -0.695. The van der Waals surface area contributed by atoms with E-state index in [1.165, 1.54) is 6.42 Å². The molecular formula is C16H27NO3. The molecular weight excluding hydrogens is 254 g/mol. The van der Waals surface area contributed by atoms with Crippen molar-refractivity contribution in [2.24, 2.45) is 17.3 Å². The van der Waals surface area contributed by atoms with E-state index in [0.717, 1.165) is 44.9 Å². The molecule has 0 aromatic carbocycles. The van der Waals surface area contributed by atoms with Crippen LogP contribution in [0.15, 0.2) is 0 Å². The molecule has 0 aromatic heterocycles. The van der Waals surface area contributed by atoms with Crippen LogP contribution in [0.4, 0.5) is 0 Å². The third-order valence-electron chi connectivity index (χ3n) is 5.26. The van der Waals surface area contributed by atoms with Gasteiger partial charge in [0.25, 0.3) is 0 Å². The van der Waals surface area contributed by atoms with Crippen LogP contribution in [0.1, 0.15) is 65.2 Å². The van der Waals surface area contributed by atoms with Crippen LogP contribution in [0, 0.1) is 17.3 Å². The Morgan fingerprint density at radius 3 is 2.25 bits per heavy atom. The maximum Gasteiger partial charge on any atom is 0.326 e. The second-order valence-corrected chi connectivity index (χ2v) is 7.16. The van der Waals surface area contributed by atoms with Gasteiger partial charge in [-0.1, -0.05) is 39.5 Å². The van der Waals surface area contributed by atoms with Gasteiger partial charge in [0.2, 0.25) is 5.91 Å². The van der Waals surface area contributed by atoms with Crippen molar-refractivity contribution in [3.05, 3.63) is 0 Å². The quantitative estimate of drug-likeness (QED) is 0.832. The monoisotopic (exact) mass is 281 g/mol. The summed E-state index contributed by atoms with van der Waals surface area (Å²) in [6.45, 7) is 4.22. The molecule has 4 nitrogen and oxygen atoms in total. The molecule has 0 aromatic rings. The minimum atomic E-state index is -0.874. The first kappa shape index (κ1) is 15.3. The molecule has 0 aliphatic heterocycles. The molecule has 2 saturated carbocycles. The number of hydrogen-bond acceptors (Lipinski definition) is 2. The predicted octanol–water partition coefficient (Wildman–Crippen LogP) is 2.96. The zero-order chi connectivity index (χ0) is 14.8. The number of amides is 1. The Kier molecular flexibility index (Phi) is 4.71. The van der Waals surface area contributed by atoms with Crippen molar-refractivity contribution in [1.82, 2.24) is 5.32 Å². The van der Waals surface area contributed by atoms with Gasteiger partial charge in [-0.25, -0.2) is 4.79 Å². The van der Waals surface area contributed by atoms with E-state index in [2.05, 4.69) is 19.2 Å². The first-order valence-corrected chi connectivity index (χ1v) is 7.95. The Balaban J connectivity index is 2.00. The second-order valence-electron chi connectivity index (χ2n) is 7.16. The van der Waals surface area contributed by atoms with Crippen LogP contribution >= 0.6 is 0 Å². The molecule has 1 amide bonds. The van der Waals surface area contributed by atoms with Crippen LogP contribution in [0.3, 0.4) is 0 Å². The number of carboxylic acid groups (broad SMARTS) is 1. The van der Waals surface area contributed by atoms with E-state index in [0.29, 0.717) is 0 Å². The Labute approximate surface area is 121 Å². The highest BCUT2D eigenvalue weighted by Crippen LogP contribution is 2.42. The van der Waals surface area contributed by atoms with Crippen molar-refractivity contribution >= 4 is 11.9 Å². The predicted molar refractivity (Wildman–Crippen MR) is 77.3 cm³/mol. The SMILES string of the molecule is CC1(C)CCCC1C(=O)NC(C(=O)O)C1CCCCC1. The number of hydrogen-bond donors (Lipinski definition) is 2. The highest BCUT2D eigenvalue weighted by atomic mass is 16.4. The van der Waals surface area contributed by atoms with Gasteiger partial charge in [0.05, 0.1) is 0 Å². The number of carbonyl (C=O) groups is 2. The highest BCUT2D eigenvalue weighted by molar-refractivity contribution is 5.85. The van der Waals surface area contributed by atoms with Gasteiger partial charge in [-0.2, -0.15) is 0 Å². The van der Waals surface area contributed by atoms with Crippen LogP contribution < -0.4 is 5.32 Å². The standard InChI is InChI=1S/C16H27NO3/c1-16(2)10-6-9-12(16)14(18)17-13(15(19)20)11-7-4-3-5-8-11/h11-13H,3-10H2,1-2H3,(H,17,18)(H,19,20). The summed E-state index contributed by atoms with van der Waals surface area (Å²) in [5.41, 5.74) is -0.000296. The lowest BCUT2D eigenvalue weighted by molar-refractivity contribution is -0.145. The van der Waals surface area contributed by atoms with Gasteiger partial charge in [0, 0.05) is 5.92 Å². The third kappa shape index (κ3) is 3.33. The fourth-order valence-electron chi connectivity index (χ4n) is 3.92. The molecule has 4 heteroatoms. The highest BCUT2D eigenvalue weighted by Gasteiger charge is 2.41. The van der Waals surface area contributed by atoms with E-state index in [9.17, 15) is 14.7 Å². The summed E-state index contributed by atoms with van der Waals surface area (Å²) < 4.78 is 0. The van der Waals surface area contributed by atoms with E-state index in [1.807, 2.05) is 0 Å². The number of rotatable bonds is 4. The molecule has 0 radical (unpaired) electrons. The summed E-state index contributed by atoms with van der Waals surface area (Å²) >= 11 is 0. The van der Waals surface area contributed by atoms with Gasteiger partial charge >= 0.3 is 5.97 Å². The summed E-state index contributed by atoms with van der Waals surface area (Å²) in [6.07, 6.45) is 8.19. The Bertz CT molecular complexity index is 372. The molecule has 114 valence electrons. The molecule has 0 bridgehead atoms. The molecule has 2 aliphatic rings. The average Bonchev–Trinajstić information content (AvgIpc) is 2.76. The van der Waals surface area contributed by atoms with Gasteiger partial charge in [-0.3, -0.25) is 4.79 Å². The van der Waals surface area contributed by atoms with E-state index < -0.39 is 12.0 Å². The molecule has 2 rings (SSSR count). The summed E-state index contributed by atoms with van der Waals surface area (Å²) in [5.74, 6) is -0.853. The lowest BCUT2D eigenvalue weighted by Crippen LogP contribution is -2.49. The zero-order valence-corrected chi connectivity index (χ0v) is 12.7. The zero-order valence-electron chi connectivity index (χ0n) is 12.7. The van der Waals surface area contributed by atoms with Crippen molar-refractivity contribution in [2.75, 3.05) is 0 Å². The van der Waals surface area contributed by atoms with Gasteiger partial charge < -0.3 is 10.4 Å². The summed E-state index contributed by atoms with van der Waals surface area (Å²) in [4.78, 5) is 23.9. The van der Waals surface area contributed by atoms with Gasteiger partial charge in [0.15, 0.2) is 0 Å². The first-order valence-electron chi connectivity index (χ1n) is 7.95. The molecule has 2 N–H and O–H groups in total. The van der Waals surface area contributed by atoms with Crippen LogP contribution in [-0.4, -0.2) is 23.0 Å². The van der Waals surface area contributed by atoms with Crippen molar-refractivity contribution in [2.45, 2.75) is 71.3 Å². The molecule has 2 atom stereocenters. The topological polar surface area (TPSA) is 66.4 Å². The third-order valence-corrected chi connectivity index (χ3v) is 5.26. The maximum atomic E-state index is 12.4. The lowest BCUT2D eigenvalue weighted by atomic mass is 9.80. The minimum absolute atomic E-state index is 0.000296.